The summed E-state index contributed by atoms with van der Waals surface area (Å²) < 4.78 is 0. The molecule has 1 rings (SSSR count). The van der Waals surface area contributed by atoms with E-state index in [4.69, 9.17) is 28.9 Å². The Bertz CT molecular complexity index is 440. The van der Waals surface area contributed by atoms with Crippen LogP contribution in [0.1, 0.15) is 17.9 Å². The van der Waals surface area contributed by atoms with E-state index >= 15 is 0 Å². The van der Waals surface area contributed by atoms with Crippen LogP contribution in [0, 0.1) is 0 Å². The molecule has 1 atom stereocenters. The second-order valence-electron chi connectivity index (χ2n) is 3.21. The number of benzene rings is 1. The molecule has 0 spiro atoms. The molecular weight excluding hydrogens is 292 g/mol. The van der Waals surface area contributed by atoms with Crippen molar-refractivity contribution in [3.8, 4) is 0 Å². The first-order valence-electron chi connectivity index (χ1n) is 4.36. The third-order valence-corrected chi connectivity index (χ3v) is 2.60. The molecule has 0 saturated carbocycles. The van der Waals surface area contributed by atoms with Gasteiger partial charge in [0.25, 0.3) is 0 Å². The second-order valence-corrected chi connectivity index (χ2v) is 4.05. The van der Waals surface area contributed by atoms with Crippen LogP contribution in [0.25, 0.3) is 0 Å². The number of hydrogen-bond acceptors (Lipinski definition) is 3. The topological polar surface area (TPSA) is 83.2 Å². The van der Waals surface area contributed by atoms with Gasteiger partial charge in [-0.25, -0.2) is 0 Å². The Morgan fingerprint density at radius 1 is 1.35 bits per heavy atom. The van der Waals surface area contributed by atoms with Gasteiger partial charge in [0, 0.05) is 28.4 Å². The number of primary amides is 1. The first kappa shape index (κ1) is 17.4. The summed E-state index contributed by atoms with van der Waals surface area (Å²) >= 11 is 11.5. The molecule has 0 bridgehead atoms. The van der Waals surface area contributed by atoms with E-state index in [1.807, 2.05) is 0 Å². The number of carbonyl (C=O) groups is 2. The van der Waals surface area contributed by atoms with Gasteiger partial charge in [-0.15, -0.1) is 0 Å². The Morgan fingerprint density at radius 2 is 1.94 bits per heavy atom. The second kappa shape index (κ2) is 7.73. The minimum atomic E-state index is -1.41. The summed E-state index contributed by atoms with van der Waals surface area (Å²) in [5.74, 6) is -3.34. The largest absolute Gasteiger partial charge is 1.00 e. The minimum absolute atomic E-state index is 0. The Morgan fingerprint density at radius 3 is 2.41 bits per heavy atom. The minimum Gasteiger partial charge on any atom is -0.549 e. The number of carboxylic acids is 1. The number of hydrogen-bond donors (Lipinski definition) is 1. The SMILES string of the molecule is NC(=O)CC(C(=O)[O-])c1cc(Cl)ccc1Cl.[K+]. The normalized spacial score (nSPS) is 11.4. The average Bonchev–Trinajstić information content (AvgIpc) is 2.18. The van der Waals surface area contributed by atoms with Gasteiger partial charge < -0.3 is 15.6 Å². The van der Waals surface area contributed by atoms with E-state index in [9.17, 15) is 14.7 Å². The van der Waals surface area contributed by atoms with Crippen LogP contribution in [0.2, 0.25) is 10.0 Å². The van der Waals surface area contributed by atoms with E-state index in [2.05, 4.69) is 0 Å². The summed E-state index contributed by atoms with van der Waals surface area (Å²) in [6, 6.07) is 4.35. The van der Waals surface area contributed by atoms with Crippen molar-refractivity contribution in [1.82, 2.24) is 0 Å². The van der Waals surface area contributed by atoms with Crippen molar-refractivity contribution >= 4 is 35.1 Å². The summed E-state index contributed by atoms with van der Waals surface area (Å²) in [5, 5.41) is 11.4. The van der Waals surface area contributed by atoms with Crippen molar-refractivity contribution in [3.63, 3.8) is 0 Å². The summed E-state index contributed by atoms with van der Waals surface area (Å²) in [6.45, 7) is 0. The van der Waals surface area contributed by atoms with Crippen molar-refractivity contribution in [2.45, 2.75) is 12.3 Å². The molecule has 0 heterocycles. The number of amides is 1. The van der Waals surface area contributed by atoms with Crippen molar-refractivity contribution in [2.24, 2.45) is 5.73 Å². The van der Waals surface area contributed by atoms with Crippen molar-refractivity contribution < 1.29 is 66.1 Å². The fraction of sp³-hybridized carbons (Fsp3) is 0.200. The van der Waals surface area contributed by atoms with Crippen LogP contribution in [0.4, 0.5) is 0 Å². The molecule has 2 N–H and O–H groups in total. The van der Waals surface area contributed by atoms with Crippen LogP contribution in [0.3, 0.4) is 0 Å². The molecule has 1 unspecified atom stereocenters. The third kappa shape index (κ3) is 5.26. The number of aliphatic carboxylic acids is 1. The molecule has 0 aliphatic heterocycles. The van der Waals surface area contributed by atoms with Gasteiger partial charge in [0.15, 0.2) is 0 Å². The van der Waals surface area contributed by atoms with E-state index in [1.165, 1.54) is 18.2 Å². The maximum atomic E-state index is 10.9. The Labute approximate surface area is 151 Å². The Kier molecular flexibility index (Phi) is 7.90. The Hall–Kier alpha value is 0.376. The van der Waals surface area contributed by atoms with E-state index in [0.29, 0.717) is 5.02 Å². The predicted octanol–water partition coefficient (Wildman–Crippen LogP) is -2.29. The molecule has 7 heteroatoms. The molecule has 1 aromatic carbocycles. The smallest absolute Gasteiger partial charge is 0.549 e. The van der Waals surface area contributed by atoms with E-state index in [0.717, 1.165) is 0 Å². The zero-order chi connectivity index (χ0) is 12.3. The number of halogens is 2. The number of carboxylic acid groups (broad SMARTS) is 1. The standard InChI is InChI=1S/C10H9Cl2NO3.K/c11-5-1-2-8(12)6(3-5)7(10(15)16)4-9(13)14;/h1-3,7H,4H2,(H2,13,14)(H,15,16);/q;+1/p-1. The van der Waals surface area contributed by atoms with Gasteiger partial charge in [-0.2, -0.15) is 0 Å². The molecule has 0 fully saturated rings. The van der Waals surface area contributed by atoms with Crippen LogP contribution < -0.4 is 62.2 Å². The number of nitrogens with two attached hydrogens (primary N) is 1. The molecule has 0 aromatic heterocycles. The van der Waals surface area contributed by atoms with Crippen molar-refractivity contribution in [1.29, 1.82) is 0 Å². The third-order valence-electron chi connectivity index (χ3n) is 2.02. The molecule has 17 heavy (non-hydrogen) atoms. The maximum absolute atomic E-state index is 10.9. The molecule has 0 radical (unpaired) electrons. The van der Waals surface area contributed by atoms with Crippen molar-refractivity contribution in [3.05, 3.63) is 33.8 Å². The quantitative estimate of drug-likeness (QED) is 0.635. The van der Waals surface area contributed by atoms with Gasteiger partial charge in [-0.05, 0) is 23.8 Å². The summed E-state index contributed by atoms with van der Waals surface area (Å²) in [5.41, 5.74) is 5.18. The fourth-order valence-corrected chi connectivity index (χ4v) is 1.73. The van der Waals surface area contributed by atoms with E-state index in [-0.39, 0.29) is 68.4 Å². The first-order valence-corrected chi connectivity index (χ1v) is 5.11. The molecule has 0 aliphatic carbocycles. The van der Waals surface area contributed by atoms with Crippen LogP contribution in [-0.2, 0) is 9.59 Å². The van der Waals surface area contributed by atoms with Gasteiger partial charge >= 0.3 is 51.4 Å². The summed E-state index contributed by atoms with van der Waals surface area (Å²) in [4.78, 5) is 21.6. The fourth-order valence-electron chi connectivity index (χ4n) is 1.30. The van der Waals surface area contributed by atoms with E-state index < -0.39 is 17.8 Å². The van der Waals surface area contributed by atoms with Crippen LogP contribution in [0.15, 0.2) is 18.2 Å². The van der Waals surface area contributed by atoms with Gasteiger partial charge in [0.2, 0.25) is 5.91 Å². The zero-order valence-corrected chi connectivity index (χ0v) is 13.7. The first-order chi connectivity index (χ1) is 7.41. The van der Waals surface area contributed by atoms with E-state index in [1.54, 1.807) is 0 Å². The molecule has 4 nitrogen and oxygen atoms in total. The molecular formula is C10H8Cl2KNO3. The zero-order valence-electron chi connectivity index (χ0n) is 9.07. The molecule has 1 aromatic rings. The van der Waals surface area contributed by atoms with Gasteiger partial charge in [-0.3, -0.25) is 4.79 Å². The Balaban J connectivity index is 0.00000256. The van der Waals surface area contributed by atoms with Gasteiger partial charge in [0.1, 0.15) is 0 Å². The summed E-state index contributed by atoms with van der Waals surface area (Å²) in [6.07, 6.45) is -0.373. The van der Waals surface area contributed by atoms with Gasteiger partial charge in [0.05, 0.1) is 0 Å². The average molecular weight is 300 g/mol. The molecule has 1 amide bonds. The number of carbonyl (C=O) groups excluding carboxylic acids is 2. The van der Waals surface area contributed by atoms with Crippen molar-refractivity contribution in [2.75, 3.05) is 0 Å². The van der Waals surface area contributed by atoms with Crippen LogP contribution >= 0.6 is 23.2 Å². The monoisotopic (exact) mass is 299 g/mol. The molecule has 0 saturated heterocycles. The molecule has 0 aliphatic rings. The predicted molar refractivity (Wildman–Crippen MR) is 58.0 cm³/mol. The van der Waals surface area contributed by atoms with Crippen LogP contribution in [0.5, 0.6) is 0 Å². The number of rotatable bonds is 4. The van der Waals surface area contributed by atoms with Gasteiger partial charge in [-0.1, -0.05) is 23.2 Å². The summed E-state index contributed by atoms with van der Waals surface area (Å²) in [7, 11) is 0. The maximum Gasteiger partial charge on any atom is 1.00 e. The van der Waals surface area contributed by atoms with Crippen LogP contribution in [-0.4, -0.2) is 11.9 Å². The molecule has 86 valence electrons.